The zero-order chi connectivity index (χ0) is 9.26. The van der Waals surface area contributed by atoms with E-state index in [1.807, 2.05) is 24.3 Å². The van der Waals surface area contributed by atoms with E-state index in [1.165, 1.54) is 0 Å². The summed E-state index contributed by atoms with van der Waals surface area (Å²) in [6, 6.07) is 8.04. The molecular formula is C11H13NO. The van der Waals surface area contributed by atoms with Gasteiger partial charge in [-0.25, -0.2) is 0 Å². The van der Waals surface area contributed by atoms with Crippen molar-refractivity contribution in [3.05, 3.63) is 29.8 Å². The van der Waals surface area contributed by atoms with E-state index in [0.29, 0.717) is 12.5 Å². The van der Waals surface area contributed by atoms with Gasteiger partial charge in [-0.15, -0.1) is 0 Å². The van der Waals surface area contributed by atoms with Gasteiger partial charge in [-0.1, -0.05) is 19.1 Å². The monoisotopic (exact) mass is 175 g/mol. The van der Waals surface area contributed by atoms with Gasteiger partial charge in [0.1, 0.15) is 0 Å². The minimum atomic E-state index is 0.265. The zero-order valence-corrected chi connectivity index (χ0v) is 7.71. The molecule has 0 amide bonds. The minimum absolute atomic E-state index is 0.265. The van der Waals surface area contributed by atoms with Crippen LogP contribution in [0, 0.1) is 0 Å². The Kier molecular flexibility index (Phi) is 2.05. The van der Waals surface area contributed by atoms with Crippen LogP contribution >= 0.6 is 0 Å². The standard InChI is InChI=1S/C11H13NO/c1-2-8-7-11(13)9-5-3-4-6-10(9)12-8/h3-6,8,12H,2,7H2,1H3/t8-/m0/s1. The Hall–Kier alpha value is -1.31. The molecule has 0 spiro atoms. The number of carbonyl (C=O) groups is 1. The highest BCUT2D eigenvalue weighted by atomic mass is 16.1. The fourth-order valence-corrected chi connectivity index (χ4v) is 1.70. The highest BCUT2D eigenvalue weighted by Crippen LogP contribution is 2.25. The van der Waals surface area contributed by atoms with Crippen molar-refractivity contribution in [2.24, 2.45) is 0 Å². The molecule has 13 heavy (non-hydrogen) atoms. The normalized spacial score (nSPS) is 20.7. The number of rotatable bonds is 1. The van der Waals surface area contributed by atoms with Crippen LogP contribution in [0.2, 0.25) is 0 Å². The summed E-state index contributed by atoms with van der Waals surface area (Å²) in [6.07, 6.45) is 1.63. The van der Waals surface area contributed by atoms with Crippen LogP contribution in [-0.4, -0.2) is 11.8 Å². The van der Waals surface area contributed by atoms with Gasteiger partial charge >= 0.3 is 0 Å². The van der Waals surface area contributed by atoms with Crippen molar-refractivity contribution in [2.75, 3.05) is 5.32 Å². The van der Waals surface area contributed by atoms with E-state index in [9.17, 15) is 4.79 Å². The van der Waals surface area contributed by atoms with Crippen molar-refractivity contribution >= 4 is 11.5 Å². The Morgan fingerprint density at radius 1 is 1.46 bits per heavy atom. The number of ketones is 1. The molecule has 1 aromatic carbocycles. The molecule has 68 valence electrons. The van der Waals surface area contributed by atoms with E-state index >= 15 is 0 Å². The molecular weight excluding hydrogens is 162 g/mol. The molecule has 0 bridgehead atoms. The summed E-state index contributed by atoms with van der Waals surface area (Å²) in [5.74, 6) is 0.265. The van der Waals surface area contributed by atoms with Gasteiger partial charge in [-0.2, -0.15) is 0 Å². The van der Waals surface area contributed by atoms with Crippen LogP contribution in [0.3, 0.4) is 0 Å². The molecule has 2 heteroatoms. The first kappa shape index (κ1) is 8.30. The number of nitrogens with one attached hydrogen (secondary N) is 1. The second kappa shape index (κ2) is 3.21. The third-order valence-electron chi connectivity index (χ3n) is 2.51. The van der Waals surface area contributed by atoms with Gasteiger partial charge in [0, 0.05) is 23.7 Å². The molecule has 2 nitrogen and oxygen atoms in total. The summed E-state index contributed by atoms with van der Waals surface area (Å²) < 4.78 is 0. The van der Waals surface area contributed by atoms with Crippen LogP contribution in [0.15, 0.2) is 24.3 Å². The number of hydrogen-bond acceptors (Lipinski definition) is 2. The van der Waals surface area contributed by atoms with Crippen molar-refractivity contribution in [1.82, 2.24) is 0 Å². The molecule has 0 fully saturated rings. The van der Waals surface area contributed by atoms with Crippen LogP contribution in [0.5, 0.6) is 0 Å². The molecule has 0 aromatic heterocycles. The van der Waals surface area contributed by atoms with E-state index < -0.39 is 0 Å². The first-order chi connectivity index (χ1) is 6.31. The minimum Gasteiger partial charge on any atom is -0.381 e. The summed E-state index contributed by atoms with van der Waals surface area (Å²) in [4.78, 5) is 11.6. The Morgan fingerprint density at radius 3 is 3.00 bits per heavy atom. The topological polar surface area (TPSA) is 29.1 Å². The maximum Gasteiger partial charge on any atom is 0.166 e. The van der Waals surface area contributed by atoms with Gasteiger partial charge in [0.15, 0.2) is 5.78 Å². The number of hydrogen-bond donors (Lipinski definition) is 1. The molecule has 0 aliphatic carbocycles. The molecule has 0 saturated heterocycles. The highest BCUT2D eigenvalue weighted by Gasteiger charge is 2.22. The van der Waals surface area contributed by atoms with Crippen molar-refractivity contribution in [3.63, 3.8) is 0 Å². The fraction of sp³-hybridized carbons (Fsp3) is 0.364. The second-order valence-electron chi connectivity index (χ2n) is 3.42. The maximum atomic E-state index is 11.6. The second-order valence-corrected chi connectivity index (χ2v) is 3.42. The van der Waals surface area contributed by atoms with E-state index in [1.54, 1.807) is 0 Å². The Labute approximate surface area is 78.0 Å². The molecule has 1 N–H and O–H groups in total. The van der Waals surface area contributed by atoms with E-state index in [2.05, 4.69) is 12.2 Å². The van der Waals surface area contributed by atoms with Gasteiger partial charge < -0.3 is 5.32 Å². The SMILES string of the molecule is CC[C@H]1CC(=O)c2ccccc2N1. The number of carbonyl (C=O) groups excluding carboxylic acids is 1. The summed E-state index contributed by atoms with van der Waals surface area (Å²) in [5.41, 5.74) is 1.83. The zero-order valence-electron chi connectivity index (χ0n) is 7.71. The number of fused-ring (bicyclic) bond motifs is 1. The third kappa shape index (κ3) is 1.44. The number of anilines is 1. The Bertz CT molecular complexity index is 333. The maximum absolute atomic E-state index is 11.6. The summed E-state index contributed by atoms with van der Waals surface area (Å²) in [5, 5.41) is 3.36. The lowest BCUT2D eigenvalue weighted by Crippen LogP contribution is -2.28. The predicted octanol–water partition coefficient (Wildman–Crippen LogP) is 2.46. The van der Waals surface area contributed by atoms with Gasteiger partial charge in [-0.3, -0.25) is 4.79 Å². The smallest absolute Gasteiger partial charge is 0.166 e. The van der Waals surface area contributed by atoms with E-state index in [-0.39, 0.29) is 5.78 Å². The first-order valence-corrected chi connectivity index (χ1v) is 4.70. The summed E-state index contributed by atoms with van der Waals surface area (Å²) in [7, 11) is 0. The van der Waals surface area contributed by atoms with Crippen molar-refractivity contribution in [3.8, 4) is 0 Å². The average Bonchev–Trinajstić information content (AvgIpc) is 2.18. The summed E-state index contributed by atoms with van der Waals surface area (Å²) >= 11 is 0. The number of Topliss-reactive ketones (excluding diaryl/α,β-unsaturated/α-hetero) is 1. The third-order valence-corrected chi connectivity index (χ3v) is 2.51. The molecule has 1 aliphatic rings. The molecule has 1 aliphatic heterocycles. The Balaban J connectivity index is 2.37. The molecule has 2 rings (SSSR count). The lowest BCUT2D eigenvalue weighted by Gasteiger charge is -2.24. The average molecular weight is 175 g/mol. The van der Waals surface area contributed by atoms with Crippen molar-refractivity contribution in [1.29, 1.82) is 0 Å². The van der Waals surface area contributed by atoms with Crippen LogP contribution in [0.1, 0.15) is 30.1 Å². The molecule has 1 atom stereocenters. The van der Waals surface area contributed by atoms with Gasteiger partial charge in [0.25, 0.3) is 0 Å². The van der Waals surface area contributed by atoms with Crippen LogP contribution in [0.25, 0.3) is 0 Å². The van der Waals surface area contributed by atoms with Crippen LogP contribution in [-0.2, 0) is 0 Å². The predicted molar refractivity (Wildman–Crippen MR) is 53.1 cm³/mol. The molecule has 0 saturated carbocycles. The van der Waals surface area contributed by atoms with Crippen molar-refractivity contribution in [2.45, 2.75) is 25.8 Å². The Morgan fingerprint density at radius 2 is 2.23 bits per heavy atom. The lowest BCUT2D eigenvalue weighted by molar-refractivity contribution is 0.0972. The molecule has 1 aromatic rings. The lowest BCUT2D eigenvalue weighted by atomic mass is 9.96. The molecule has 0 unspecified atom stereocenters. The molecule has 0 radical (unpaired) electrons. The van der Waals surface area contributed by atoms with Gasteiger partial charge in [0.2, 0.25) is 0 Å². The van der Waals surface area contributed by atoms with Gasteiger partial charge in [0.05, 0.1) is 0 Å². The fourth-order valence-electron chi connectivity index (χ4n) is 1.70. The van der Waals surface area contributed by atoms with Crippen LogP contribution < -0.4 is 5.32 Å². The van der Waals surface area contributed by atoms with E-state index in [4.69, 9.17) is 0 Å². The summed E-state index contributed by atoms with van der Waals surface area (Å²) in [6.45, 7) is 2.10. The van der Waals surface area contributed by atoms with Gasteiger partial charge in [-0.05, 0) is 18.6 Å². The van der Waals surface area contributed by atoms with Crippen molar-refractivity contribution < 1.29 is 4.79 Å². The van der Waals surface area contributed by atoms with E-state index in [0.717, 1.165) is 17.7 Å². The first-order valence-electron chi connectivity index (χ1n) is 4.70. The number of benzene rings is 1. The number of para-hydroxylation sites is 1. The quantitative estimate of drug-likeness (QED) is 0.710. The molecule has 1 heterocycles. The van der Waals surface area contributed by atoms with Crippen LogP contribution in [0.4, 0.5) is 5.69 Å². The highest BCUT2D eigenvalue weighted by molar-refractivity contribution is 6.03. The largest absolute Gasteiger partial charge is 0.381 e.